The summed E-state index contributed by atoms with van der Waals surface area (Å²) in [6.45, 7) is 14.8. The number of rotatable bonds is 8. The van der Waals surface area contributed by atoms with Crippen LogP contribution in [0.15, 0.2) is 40.7 Å². The summed E-state index contributed by atoms with van der Waals surface area (Å²) in [6, 6.07) is 5.23. The fourth-order valence-corrected chi connectivity index (χ4v) is 8.40. The number of aromatic nitrogens is 3. The van der Waals surface area contributed by atoms with Crippen molar-refractivity contribution in [3.05, 3.63) is 41.9 Å². The molecule has 332 valence electrons. The van der Waals surface area contributed by atoms with E-state index in [0.29, 0.717) is 23.7 Å². The first-order valence-electron chi connectivity index (χ1n) is 20.8. The number of aliphatic hydroxyl groups excluding tert-OH is 1. The number of aryl methyl sites for hydroxylation is 1. The molecule has 3 aliphatic heterocycles. The van der Waals surface area contributed by atoms with Gasteiger partial charge in [0.25, 0.3) is 0 Å². The number of oxime groups is 1. The summed E-state index contributed by atoms with van der Waals surface area (Å²) in [5.41, 5.74) is -0.934. The number of likely N-dealkylation sites (N-methyl/N-ethyl adjacent to an activating group) is 1. The van der Waals surface area contributed by atoms with Crippen molar-refractivity contribution in [3.63, 3.8) is 0 Å². The molecule has 0 aliphatic carbocycles. The first-order valence-corrected chi connectivity index (χ1v) is 20.8. The normalized spacial score (nSPS) is 36.4. The quantitative estimate of drug-likeness (QED) is 0.221. The Balaban J connectivity index is 1.60. The second-order valence-electron chi connectivity index (χ2n) is 17.3. The number of fused-ring (bicyclic) bond motifs is 5. The van der Waals surface area contributed by atoms with Crippen LogP contribution in [-0.2, 0) is 49.5 Å². The molecule has 0 radical (unpaired) electrons. The van der Waals surface area contributed by atoms with Crippen LogP contribution in [0.4, 0.5) is 0 Å². The summed E-state index contributed by atoms with van der Waals surface area (Å²) in [7, 11) is 3.73. The number of amides is 1. The molecule has 0 spiro atoms. The van der Waals surface area contributed by atoms with E-state index >= 15 is 0 Å². The fourth-order valence-electron chi connectivity index (χ4n) is 8.40. The topological polar surface area (TPSA) is 206 Å². The molecular formula is C43H64N6O11. The molecule has 17 heteroatoms. The zero-order chi connectivity index (χ0) is 44.1. The Bertz CT molecular complexity index is 1860. The van der Waals surface area contributed by atoms with Crippen molar-refractivity contribution in [3.8, 4) is 5.82 Å². The molecule has 0 unspecified atom stereocenters. The summed E-state index contributed by atoms with van der Waals surface area (Å²) < 4.78 is 33.9. The van der Waals surface area contributed by atoms with Gasteiger partial charge in [0.1, 0.15) is 36.0 Å². The van der Waals surface area contributed by atoms with Crippen LogP contribution in [0.2, 0.25) is 0 Å². The summed E-state index contributed by atoms with van der Waals surface area (Å²) in [5.74, 6) is -3.94. The third kappa shape index (κ3) is 11.1. The Morgan fingerprint density at radius 1 is 1.12 bits per heavy atom. The van der Waals surface area contributed by atoms with Gasteiger partial charge in [0, 0.05) is 49.0 Å². The smallest absolute Gasteiger partial charge is 0.316 e. The lowest BCUT2D eigenvalue weighted by Crippen LogP contribution is -2.59. The maximum atomic E-state index is 14.5. The molecule has 17 nitrogen and oxygen atoms in total. The highest BCUT2D eigenvalue weighted by molar-refractivity contribution is 6.00. The molecule has 2 aromatic heterocycles. The van der Waals surface area contributed by atoms with Crippen LogP contribution < -0.4 is 0 Å². The van der Waals surface area contributed by atoms with Crippen LogP contribution >= 0.6 is 0 Å². The minimum absolute atomic E-state index is 0.0259. The molecule has 5 rings (SSSR count). The molecule has 0 aromatic carbocycles. The van der Waals surface area contributed by atoms with Crippen molar-refractivity contribution in [2.45, 2.75) is 149 Å². The van der Waals surface area contributed by atoms with Crippen molar-refractivity contribution in [2.24, 2.45) is 27.9 Å². The highest BCUT2D eigenvalue weighted by Gasteiger charge is 2.51. The number of esters is 1. The second kappa shape index (κ2) is 19.8. The molecule has 3 saturated heterocycles. The molecule has 2 N–H and O–H groups in total. The first kappa shape index (κ1) is 47.1. The third-order valence-corrected chi connectivity index (χ3v) is 12.0. The van der Waals surface area contributed by atoms with Crippen molar-refractivity contribution in [2.75, 3.05) is 27.3 Å². The van der Waals surface area contributed by atoms with Gasteiger partial charge in [0.05, 0.1) is 42.8 Å². The molecule has 2 aromatic rings. The summed E-state index contributed by atoms with van der Waals surface area (Å²) in [4.78, 5) is 57.7. The first-order chi connectivity index (χ1) is 28.2. The molecule has 2 bridgehead atoms. The van der Waals surface area contributed by atoms with E-state index in [1.165, 1.54) is 20.8 Å². The lowest BCUT2D eigenvalue weighted by Gasteiger charge is -2.47. The fraction of sp³-hybridized carbons (Fsp3) is 0.698. The number of pyridine rings is 1. The van der Waals surface area contributed by atoms with E-state index in [4.69, 9.17) is 28.5 Å². The van der Waals surface area contributed by atoms with Crippen LogP contribution in [0.1, 0.15) is 92.3 Å². The lowest BCUT2D eigenvalue weighted by molar-refractivity contribution is -0.296. The van der Waals surface area contributed by atoms with E-state index < -0.39 is 77.3 Å². The number of hydrogen-bond donors (Lipinski definition) is 2. The Labute approximate surface area is 352 Å². The van der Waals surface area contributed by atoms with Gasteiger partial charge in [0.15, 0.2) is 17.9 Å². The van der Waals surface area contributed by atoms with Crippen LogP contribution in [-0.4, -0.2) is 140 Å². The van der Waals surface area contributed by atoms with Crippen molar-refractivity contribution >= 4 is 29.1 Å². The standard InChI is InChI=1S/C43H64N6O11/c1-12-34-43(9,54)35-18-32(45-29(7)50)24(2)19-42(8,56-23-31(22-55-35)47-57-21-30-13-14-36(44-20-30)49-16-15-25(3)46-49)39(27(5)37(51)28(6)40(53)59-34)60-41-38(52)33(48(10)11)17-26(4)58-41/h13-16,20,24,26-28,33-35,38-39,41,52,54H,12,17-19,21-23H2,1-11H3/b45-32?,47-31-/t24-,26-,27+,28-,33+,34-,35-,38-,39-,41+,42-,43-/m1/s1. The van der Waals surface area contributed by atoms with E-state index in [1.807, 2.05) is 64.2 Å². The molecular weight excluding hydrogens is 777 g/mol. The Morgan fingerprint density at radius 3 is 2.47 bits per heavy atom. The van der Waals surface area contributed by atoms with Crippen molar-refractivity contribution < 1.29 is 53.1 Å². The number of ketones is 1. The van der Waals surface area contributed by atoms with Gasteiger partial charge in [-0.05, 0) is 86.0 Å². The molecule has 0 saturated carbocycles. The average Bonchev–Trinajstić information content (AvgIpc) is 3.63. The molecule has 1 amide bonds. The minimum atomic E-state index is -1.83. The zero-order valence-electron chi connectivity index (χ0n) is 36.9. The maximum Gasteiger partial charge on any atom is 0.316 e. The summed E-state index contributed by atoms with van der Waals surface area (Å²) >= 11 is 0. The highest BCUT2D eigenvalue weighted by Crippen LogP contribution is 2.39. The van der Waals surface area contributed by atoms with E-state index in [9.17, 15) is 24.6 Å². The largest absolute Gasteiger partial charge is 0.459 e. The van der Waals surface area contributed by atoms with Crippen LogP contribution in [0, 0.1) is 24.7 Å². The number of nitrogens with zero attached hydrogens (tertiary/aromatic N) is 6. The Morgan fingerprint density at radius 2 is 1.85 bits per heavy atom. The van der Waals surface area contributed by atoms with Gasteiger partial charge in [-0.3, -0.25) is 14.4 Å². The van der Waals surface area contributed by atoms with Crippen LogP contribution in [0.3, 0.4) is 0 Å². The van der Waals surface area contributed by atoms with Gasteiger partial charge in [-0.1, -0.05) is 32.0 Å². The number of aliphatic imine (C=N–C) groups is 1. The zero-order valence-corrected chi connectivity index (χ0v) is 36.9. The number of ether oxygens (including phenoxy) is 5. The lowest BCUT2D eigenvalue weighted by atomic mass is 9.76. The summed E-state index contributed by atoms with van der Waals surface area (Å²) in [6.07, 6.45) is -1.60. The number of carbonyl (C=O) groups is 3. The number of hydrogen-bond acceptors (Lipinski definition) is 15. The van der Waals surface area contributed by atoms with Gasteiger partial charge >= 0.3 is 5.97 Å². The molecule has 3 fully saturated rings. The van der Waals surface area contributed by atoms with Crippen molar-refractivity contribution in [1.29, 1.82) is 0 Å². The highest BCUT2D eigenvalue weighted by atomic mass is 16.7. The number of carbonyl (C=O) groups excluding carboxylic acids is 3. The SMILES string of the molecule is CC[C@H]1OC(=O)[C@H](C)C(=O)[C@H](C)[C@@H](O[C@@H]2O[C@H](C)C[C@H](N(C)C)[C@H]2O)[C@@]2(C)C[C@@H](C)C(=NC(C)=O)C[C@@H](OC/C(=N/OCc3ccc(-n4ccc(C)n4)nc3)CO2)[C@]1(C)O. The Hall–Kier alpha value is -3.97. The predicted octanol–water partition coefficient (Wildman–Crippen LogP) is 3.77. The maximum absolute atomic E-state index is 14.5. The van der Waals surface area contributed by atoms with Crippen LogP contribution in [0.25, 0.3) is 5.82 Å². The van der Waals surface area contributed by atoms with Gasteiger partial charge in [-0.2, -0.15) is 5.10 Å². The second-order valence-corrected chi connectivity index (χ2v) is 17.3. The minimum Gasteiger partial charge on any atom is -0.459 e. The van der Waals surface area contributed by atoms with E-state index in [-0.39, 0.29) is 51.2 Å². The third-order valence-electron chi connectivity index (χ3n) is 12.0. The Kier molecular flexibility index (Phi) is 15.6. The number of Topliss-reactive ketones (excluding diaryl/α,β-unsaturated/α-hetero) is 1. The van der Waals surface area contributed by atoms with E-state index in [0.717, 1.165) is 11.3 Å². The predicted molar refractivity (Wildman–Crippen MR) is 220 cm³/mol. The van der Waals surface area contributed by atoms with E-state index in [1.54, 1.807) is 31.6 Å². The van der Waals surface area contributed by atoms with Gasteiger partial charge < -0.3 is 43.6 Å². The van der Waals surface area contributed by atoms with Crippen molar-refractivity contribution in [1.82, 2.24) is 19.7 Å². The van der Waals surface area contributed by atoms with Crippen LogP contribution in [0.5, 0.6) is 0 Å². The molecule has 12 atom stereocenters. The van der Waals surface area contributed by atoms with E-state index in [2.05, 4.69) is 20.2 Å². The molecule has 3 aliphatic rings. The number of cyclic esters (lactones) is 1. The molecule has 5 heterocycles. The van der Waals surface area contributed by atoms with Gasteiger partial charge in [-0.15, -0.1) is 0 Å². The monoisotopic (exact) mass is 840 g/mol. The molecule has 60 heavy (non-hydrogen) atoms. The average molecular weight is 841 g/mol. The van der Waals surface area contributed by atoms with Gasteiger partial charge in [0.2, 0.25) is 5.91 Å². The number of aliphatic hydroxyl groups is 2. The summed E-state index contributed by atoms with van der Waals surface area (Å²) in [5, 5.41) is 32.8. The van der Waals surface area contributed by atoms with Gasteiger partial charge in [-0.25, -0.2) is 14.7 Å².